The van der Waals surface area contributed by atoms with Gasteiger partial charge in [-0.15, -0.1) is 0 Å². The summed E-state index contributed by atoms with van der Waals surface area (Å²) >= 11 is 0. The van der Waals surface area contributed by atoms with Crippen LogP contribution in [-0.2, 0) is 11.2 Å². The highest BCUT2D eigenvalue weighted by Crippen LogP contribution is 2.38. The first-order valence-electron chi connectivity index (χ1n) is 10.1. The van der Waals surface area contributed by atoms with Crippen LogP contribution in [0.4, 0.5) is 0 Å². The molecular formula is C22H32N4O. The van der Waals surface area contributed by atoms with Gasteiger partial charge in [-0.3, -0.25) is 4.79 Å². The number of nitrogens with one attached hydrogen (secondary N) is 2. The van der Waals surface area contributed by atoms with Gasteiger partial charge in [0.05, 0.1) is 5.52 Å². The average Bonchev–Trinajstić information content (AvgIpc) is 3.03. The van der Waals surface area contributed by atoms with Crippen LogP contribution in [0.1, 0.15) is 46.9 Å². The second-order valence-electron chi connectivity index (χ2n) is 8.58. The summed E-state index contributed by atoms with van der Waals surface area (Å²) in [5.41, 5.74) is 3.20. The van der Waals surface area contributed by atoms with Gasteiger partial charge in [0.1, 0.15) is 5.82 Å². The number of carbonyl (C=O) groups is 1. The molecular weight excluding hydrogens is 336 g/mol. The Labute approximate surface area is 162 Å². The van der Waals surface area contributed by atoms with E-state index in [1.807, 2.05) is 26.0 Å². The molecule has 0 aromatic carbocycles. The van der Waals surface area contributed by atoms with Crippen molar-refractivity contribution in [2.75, 3.05) is 6.54 Å². The molecule has 2 aromatic heterocycles. The number of pyridine rings is 1. The SMILES string of the molecule is CC1=C[C@@H](CNC(=O)C(C)C)[C@H](C(C)C)C[C@H]1Cc1nc2ncccc2[nH]1. The molecule has 0 fully saturated rings. The lowest BCUT2D eigenvalue weighted by Gasteiger charge is -2.37. The number of rotatable bonds is 6. The molecule has 27 heavy (non-hydrogen) atoms. The third-order valence-electron chi connectivity index (χ3n) is 5.87. The van der Waals surface area contributed by atoms with Crippen molar-refractivity contribution in [2.45, 2.75) is 47.5 Å². The van der Waals surface area contributed by atoms with Gasteiger partial charge in [-0.05, 0) is 49.1 Å². The number of hydrogen-bond acceptors (Lipinski definition) is 3. The molecule has 0 saturated carbocycles. The number of nitrogens with zero attached hydrogens (tertiary/aromatic N) is 2. The van der Waals surface area contributed by atoms with Gasteiger partial charge in [-0.1, -0.05) is 39.3 Å². The van der Waals surface area contributed by atoms with Gasteiger partial charge in [0.15, 0.2) is 5.65 Å². The zero-order valence-corrected chi connectivity index (χ0v) is 17.1. The Morgan fingerprint density at radius 2 is 2.11 bits per heavy atom. The van der Waals surface area contributed by atoms with E-state index in [1.165, 1.54) is 5.57 Å². The molecule has 3 rings (SSSR count). The van der Waals surface area contributed by atoms with Gasteiger partial charge in [0.2, 0.25) is 5.91 Å². The topological polar surface area (TPSA) is 70.7 Å². The van der Waals surface area contributed by atoms with Crippen molar-refractivity contribution in [3.63, 3.8) is 0 Å². The molecule has 5 heteroatoms. The molecule has 2 N–H and O–H groups in total. The number of imidazole rings is 1. The van der Waals surface area contributed by atoms with Crippen LogP contribution in [0.2, 0.25) is 0 Å². The van der Waals surface area contributed by atoms with Crippen LogP contribution < -0.4 is 5.32 Å². The smallest absolute Gasteiger partial charge is 0.222 e. The normalized spacial score (nSPS) is 23.1. The Hall–Kier alpha value is -2.17. The van der Waals surface area contributed by atoms with Crippen molar-refractivity contribution >= 4 is 17.1 Å². The molecule has 2 aromatic rings. The monoisotopic (exact) mass is 368 g/mol. The third kappa shape index (κ3) is 4.57. The maximum atomic E-state index is 12.0. The summed E-state index contributed by atoms with van der Waals surface area (Å²) in [6.45, 7) is 11.4. The Morgan fingerprint density at radius 3 is 2.78 bits per heavy atom. The van der Waals surface area contributed by atoms with E-state index in [4.69, 9.17) is 0 Å². The fraction of sp³-hybridized carbons (Fsp3) is 0.591. The van der Waals surface area contributed by atoms with Crippen LogP contribution in [0, 0.1) is 29.6 Å². The maximum absolute atomic E-state index is 12.0. The number of aromatic nitrogens is 3. The van der Waals surface area contributed by atoms with E-state index < -0.39 is 0 Å². The standard InChI is InChI=1S/C22H32N4O/c1-13(2)18-10-16(11-20-25-19-7-6-8-23-21(19)26-20)15(5)9-17(18)12-24-22(27)14(3)4/h6-9,13-14,16-18H,10-12H2,1-5H3,(H,24,27)(H,23,25,26)/t16-,17-,18-/m0/s1. The van der Waals surface area contributed by atoms with Gasteiger partial charge < -0.3 is 10.3 Å². The predicted molar refractivity (Wildman–Crippen MR) is 109 cm³/mol. The summed E-state index contributed by atoms with van der Waals surface area (Å²) in [5, 5.41) is 3.13. The van der Waals surface area contributed by atoms with E-state index in [2.05, 4.69) is 47.1 Å². The minimum atomic E-state index is 0.0330. The number of aromatic amines is 1. The van der Waals surface area contributed by atoms with Crippen LogP contribution in [0.25, 0.3) is 11.2 Å². The lowest BCUT2D eigenvalue weighted by atomic mass is 9.69. The van der Waals surface area contributed by atoms with E-state index in [1.54, 1.807) is 6.20 Å². The number of allylic oxidation sites excluding steroid dienone is 1. The first-order chi connectivity index (χ1) is 12.8. The van der Waals surface area contributed by atoms with Gasteiger partial charge in [-0.25, -0.2) is 9.97 Å². The maximum Gasteiger partial charge on any atom is 0.222 e. The highest BCUT2D eigenvalue weighted by molar-refractivity contribution is 5.77. The molecule has 0 unspecified atom stereocenters. The van der Waals surface area contributed by atoms with Crippen molar-refractivity contribution in [2.24, 2.45) is 29.6 Å². The number of fused-ring (bicyclic) bond motifs is 1. The molecule has 2 heterocycles. The number of carbonyl (C=O) groups excluding carboxylic acids is 1. The lowest BCUT2D eigenvalue weighted by molar-refractivity contribution is -0.124. The van der Waals surface area contributed by atoms with Gasteiger partial charge >= 0.3 is 0 Å². The fourth-order valence-electron chi connectivity index (χ4n) is 4.16. The molecule has 1 aliphatic rings. The Balaban J connectivity index is 1.73. The summed E-state index contributed by atoms with van der Waals surface area (Å²) in [6, 6.07) is 3.95. The molecule has 1 aliphatic carbocycles. The van der Waals surface area contributed by atoms with Gasteiger partial charge in [0, 0.05) is 25.1 Å². The van der Waals surface area contributed by atoms with Crippen LogP contribution in [0.3, 0.4) is 0 Å². The zero-order valence-electron chi connectivity index (χ0n) is 17.1. The van der Waals surface area contributed by atoms with E-state index >= 15 is 0 Å². The minimum Gasteiger partial charge on any atom is -0.355 e. The molecule has 0 saturated heterocycles. The van der Waals surface area contributed by atoms with Crippen molar-refractivity contribution in [1.29, 1.82) is 0 Å². The quantitative estimate of drug-likeness (QED) is 0.753. The summed E-state index contributed by atoms with van der Waals surface area (Å²) in [6.07, 6.45) is 6.21. The number of H-pyrrole nitrogens is 1. The Morgan fingerprint density at radius 1 is 1.33 bits per heavy atom. The average molecular weight is 369 g/mol. The highest BCUT2D eigenvalue weighted by atomic mass is 16.1. The second-order valence-corrected chi connectivity index (χ2v) is 8.58. The van der Waals surface area contributed by atoms with Gasteiger partial charge in [-0.2, -0.15) is 0 Å². The number of amides is 1. The first-order valence-corrected chi connectivity index (χ1v) is 10.1. The summed E-state index contributed by atoms with van der Waals surface area (Å²) in [7, 11) is 0. The van der Waals surface area contributed by atoms with Crippen LogP contribution in [0.15, 0.2) is 30.0 Å². The Bertz CT molecular complexity index is 788. The van der Waals surface area contributed by atoms with E-state index in [9.17, 15) is 4.79 Å². The molecule has 1 amide bonds. The van der Waals surface area contributed by atoms with Crippen LogP contribution >= 0.6 is 0 Å². The summed E-state index contributed by atoms with van der Waals surface area (Å²) in [5.74, 6) is 3.21. The van der Waals surface area contributed by atoms with Crippen molar-refractivity contribution in [3.05, 3.63) is 35.8 Å². The minimum absolute atomic E-state index is 0.0330. The fourth-order valence-corrected chi connectivity index (χ4v) is 4.16. The Kier molecular flexibility index (Phi) is 5.98. The summed E-state index contributed by atoms with van der Waals surface area (Å²) in [4.78, 5) is 24.4. The molecule has 0 radical (unpaired) electrons. The van der Waals surface area contributed by atoms with Crippen molar-refractivity contribution < 1.29 is 4.79 Å². The van der Waals surface area contributed by atoms with E-state index in [-0.39, 0.29) is 11.8 Å². The van der Waals surface area contributed by atoms with Crippen molar-refractivity contribution in [1.82, 2.24) is 20.3 Å². The largest absolute Gasteiger partial charge is 0.355 e. The highest BCUT2D eigenvalue weighted by Gasteiger charge is 2.32. The van der Waals surface area contributed by atoms with E-state index in [0.29, 0.717) is 23.7 Å². The predicted octanol–water partition coefficient (Wildman–Crippen LogP) is 4.13. The van der Waals surface area contributed by atoms with E-state index in [0.717, 1.165) is 36.4 Å². The summed E-state index contributed by atoms with van der Waals surface area (Å²) < 4.78 is 0. The van der Waals surface area contributed by atoms with Crippen LogP contribution in [-0.4, -0.2) is 27.4 Å². The zero-order chi connectivity index (χ0) is 19.6. The molecule has 0 spiro atoms. The molecule has 3 atom stereocenters. The molecule has 146 valence electrons. The second kappa shape index (κ2) is 8.24. The number of hydrogen-bond donors (Lipinski definition) is 2. The van der Waals surface area contributed by atoms with Gasteiger partial charge in [0.25, 0.3) is 0 Å². The molecule has 0 aliphatic heterocycles. The third-order valence-corrected chi connectivity index (χ3v) is 5.87. The first kappa shape index (κ1) is 19.6. The molecule has 0 bridgehead atoms. The molecule has 5 nitrogen and oxygen atoms in total. The van der Waals surface area contributed by atoms with Crippen molar-refractivity contribution in [3.8, 4) is 0 Å². The lowest BCUT2D eigenvalue weighted by Crippen LogP contribution is -2.38. The van der Waals surface area contributed by atoms with Crippen LogP contribution in [0.5, 0.6) is 0 Å².